The number of aromatic nitrogens is 2. The van der Waals surface area contributed by atoms with Crippen LogP contribution in [0.5, 0.6) is 0 Å². The van der Waals surface area contributed by atoms with Crippen LogP contribution >= 0.6 is 43.5 Å². The van der Waals surface area contributed by atoms with Gasteiger partial charge in [0.25, 0.3) is 0 Å². The molecule has 0 atom stereocenters. The highest BCUT2D eigenvalue weighted by Crippen LogP contribution is 2.28. The van der Waals surface area contributed by atoms with E-state index >= 15 is 0 Å². The molecular formula is C10H7Br2ClN4. The molecule has 1 aromatic carbocycles. The standard InChI is InChI=1S/C10H7Br2ClN4/c11-6-2-1-5(13)3-7(6)15-10-16-8(12)4-9(14)17-10/h1-4H,(H3,14,15,16,17). The Morgan fingerprint density at radius 2 is 1.94 bits per heavy atom. The smallest absolute Gasteiger partial charge is 0.230 e. The molecule has 0 unspecified atom stereocenters. The minimum Gasteiger partial charge on any atom is -0.383 e. The summed E-state index contributed by atoms with van der Waals surface area (Å²) in [5.74, 6) is 0.785. The maximum atomic E-state index is 5.91. The predicted octanol–water partition coefficient (Wildman–Crippen LogP) is 3.98. The van der Waals surface area contributed by atoms with Crippen LogP contribution in [0.2, 0.25) is 5.02 Å². The molecule has 1 heterocycles. The van der Waals surface area contributed by atoms with Crippen molar-refractivity contribution in [1.29, 1.82) is 0 Å². The molecule has 3 N–H and O–H groups in total. The minimum atomic E-state index is 0.382. The first-order valence-corrected chi connectivity index (χ1v) is 6.53. The average molecular weight is 378 g/mol. The van der Waals surface area contributed by atoms with E-state index < -0.39 is 0 Å². The quantitative estimate of drug-likeness (QED) is 0.776. The van der Waals surface area contributed by atoms with E-state index in [0.717, 1.165) is 10.2 Å². The van der Waals surface area contributed by atoms with Crippen molar-refractivity contribution in [2.24, 2.45) is 0 Å². The van der Waals surface area contributed by atoms with Gasteiger partial charge < -0.3 is 11.1 Å². The second-order valence-corrected chi connectivity index (χ2v) is 5.29. The first kappa shape index (κ1) is 12.6. The highest BCUT2D eigenvalue weighted by molar-refractivity contribution is 9.10. The van der Waals surface area contributed by atoms with E-state index in [-0.39, 0.29) is 0 Å². The van der Waals surface area contributed by atoms with Crippen LogP contribution in [-0.4, -0.2) is 9.97 Å². The van der Waals surface area contributed by atoms with Crippen molar-refractivity contribution >= 4 is 60.9 Å². The molecule has 2 aromatic rings. The van der Waals surface area contributed by atoms with E-state index in [1.165, 1.54) is 0 Å². The third-order valence-corrected chi connectivity index (χ3v) is 3.22. The van der Waals surface area contributed by atoms with Gasteiger partial charge in [0.05, 0.1) is 5.69 Å². The molecule has 4 nitrogen and oxygen atoms in total. The summed E-state index contributed by atoms with van der Waals surface area (Å²) in [6, 6.07) is 7.02. The van der Waals surface area contributed by atoms with E-state index in [1.807, 2.05) is 6.07 Å². The van der Waals surface area contributed by atoms with Gasteiger partial charge in [-0.25, -0.2) is 4.98 Å². The Morgan fingerprint density at radius 1 is 1.18 bits per heavy atom. The Balaban J connectivity index is 2.34. The number of halogens is 3. The lowest BCUT2D eigenvalue weighted by Crippen LogP contribution is -2.01. The van der Waals surface area contributed by atoms with Gasteiger partial charge in [0.1, 0.15) is 10.4 Å². The Morgan fingerprint density at radius 3 is 2.65 bits per heavy atom. The summed E-state index contributed by atoms with van der Waals surface area (Å²) in [6.45, 7) is 0. The van der Waals surface area contributed by atoms with E-state index in [9.17, 15) is 0 Å². The van der Waals surface area contributed by atoms with Crippen molar-refractivity contribution in [1.82, 2.24) is 9.97 Å². The Hall–Kier alpha value is -0.850. The van der Waals surface area contributed by atoms with Crippen molar-refractivity contribution in [3.05, 3.63) is 38.4 Å². The summed E-state index contributed by atoms with van der Waals surface area (Å²) in [4.78, 5) is 8.21. The third-order valence-electron chi connectivity index (χ3n) is 1.89. The zero-order valence-electron chi connectivity index (χ0n) is 8.42. The van der Waals surface area contributed by atoms with Crippen molar-refractivity contribution in [2.75, 3.05) is 11.1 Å². The van der Waals surface area contributed by atoms with Crippen LogP contribution in [0.3, 0.4) is 0 Å². The van der Waals surface area contributed by atoms with Crippen LogP contribution in [0, 0.1) is 0 Å². The van der Waals surface area contributed by atoms with Crippen molar-refractivity contribution in [2.45, 2.75) is 0 Å². The molecule has 2 rings (SSSR count). The van der Waals surface area contributed by atoms with Crippen LogP contribution in [0.4, 0.5) is 17.5 Å². The number of benzene rings is 1. The summed E-state index contributed by atoms with van der Waals surface area (Å²) >= 11 is 12.6. The SMILES string of the molecule is Nc1cc(Br)nc(Nc2cc(Cl)ccc2Br)n1. The molecule has 88 valence electrons. The Bertz CT molecular complexity index is 542. The lowest BCUT2D eigenvalue weighted by Gasteiger charge is -2.08. The molecule has 17 heavy (non-hydrogen) atoms. The van der Waals surface area contributed by atoms with Gasteiger partial charge in [-0.15, -0.1) is 0 Å². The fourth-order valence-electron chi connectivity index (χ4n) is 1.20. The largest absolute Gasteiger partial charge is 0.383 e. The lowest BCUT2D eigenvalue weighted by molar-refractivity contribution is 1.15. The maximum absolute atomic E-state index is 5.91. The van der Waals surface area contributed by atoms with E-state index in [4.69, 9.17) is 17.3 Å². The van der Waals surface area contributed by atoms with E-state index in [2.05, 4.69) is 47.1 Å². The molecule has 0 bridgehead atoms. The number of anilines is 3. The Kier molecular flexibility index (Phi) is 3.86. The van der Waals surface area contributed by atoms with Crippen molar-refractivity contribution in [3.63, 3.8) is 0 Å². The molecule has 0 aliphatic rings. The minimum absolute atomic E-state index is 0.382. The number of hydrogen-bond donors (Lipinski definition) is 2. The molecule has 0 radical (unpaired) electrons. The van der Waals surface area contributed by atoms with Crippen LogP contribution < -0.4 is 11.1 Å². The van der Waals surface area contributed by atoms with Gasteiger partial charge in [0, 0.05) is 15.6 Å². The fourth-order valence-corrected chi connectivity index (χ4v) is 2.13. The fraction of sp³-hybridized carbons (Fsp3) is 0. The van der Waals surface area contributed by atoms with Gasteiger partial charge in [0.15, 0.2) is 0 Å². The van der Waals surface area contributed by atoms with Gasteiger partial charge in [0.2, 0.25) is 5.95 Å². The van der Waals surface area contributed by atoms with E-state index in [0.29, 0.717) is 21.4 Å². The number of nitrogens with two attached hydrogens (primary N) is 1. The summed E-state index contributed by atoms with van der Waals surface area (Å²) in [7, 11) is 0. The molecule has 1 aromatic heterocycles. The topological polar surface area (TPSA) is 63.8 Å². The number of rotatable bonds is 2. The first-order chi connectivity index (χ1) is 8.04. The normalized spacial score (nSPS) is 10.3. The van der Waals surface area contributed by atoms with Gasteiger partial charge in [-0.3, -0.25) is 0 Å². The van der Waals surface area contributed by atoms with Gasteiger partial charge >= 0.3 is 0 Å². The monoisotopic (exact) mass is 376 g/mol. The molecule has 0 saturated heterocycles. The molecule has 0 fully saturated rings. The second kappa shape index (κ2) is 5.20. The van der Waals surface area contributed by atoms with Crippen LogP contribution in [-0.2, 0) is 0 Å². The highest BCUT2D eigenvalue weighted by Gasteiger charge is 2.05. The zero-order valence-corrected chi connectivity index (χ0v) is 12.3. The molecule has 0 spiro atoms. The average Bonchev–Trinajstić information content (AvgIpc) is 2.22. The summed E-state index contributed by atoms with van der Waals surface area (Å²) in [5.41, 5.74) is 6.40. The van der Waals surface area contributed by atoms with Gasteiger partial charge in [-0.1, -0.05) is 11.6 Å². The summed E-state index contributed by atoms with van der Waals surface area (Å²) in [5, 5.41) is 3.65. The third kappa shape index (κ3) is 3.31. The van der Waals surface area contributed by atoms with Gasteiger partial charge in [-0.05, 0) is 50.1 Å². The number of nitrogens with zero attached hydrogens (tertiary/aromatic N) is 2. The predicted molar refractivity (Wildman–Crippen MR) is 76.6 cm³/mol. The molecule has 0 aliphatic carbocycles. The molecule has 0 saturated carbocycles. The maximum Gasteiger partial charge on any atom is 0.230 e. The van der Waals surface area contributed by atoms with Gasteiger partial charge in [-0.2, -0.15) is 4.98 Å². The van der Waals surface area contributed by atoms with Crippen molar-refractivity contribution in [3.8, 4) is 0 Å². The molecule has 0 amide bonds. The number of nitrogens with one attached hydrogen (secondary N) is 1. The first-order valence-electron chi connectivity index (χ1n) is 4.57. The Labute approximate surface area is 120 Å². The van der Waals surface area contributed by atoms with E-state index in [1.54, 1.807) is 18.2 Å². The summed E-state index contributed by atoms with van der Waals surface area (Å²) < 4.78 is 1.48. The number of nitrogen functional groups attached to an aromatic ring is 1. The molecule has 0 aliphatic heterocycles. The van der Waals surface area contributed by atoms with Crippen molar-refractivity contribution < 1.29 is 0 Å². The zero-order chi connectivity index (χ0) is 12.4. The van der Waals surface area contributed by atoms with Crippen LogP contribution in [0.15, 0.2) is 33.3 Å². The van der Waals surface area contributed by atoms with Crippen LogP contribution in [0.1, 0.15) is 0 Å². The molecule has 7 heteroatoms. The molecular weight excluding hydrogens is 371 g/mol. The van der Waals surface area contributed by atoms with Crippen LogP contribution in [0.25, 0.3) is 0 Å². The second-order valence-electron chi connectivity index (χ2n) is 3.19. The number of hydrogen-bond acceptors (Lipinski definition) is 4. The lowest BCUT2D eigenvalue weighted by atomic mass is 10.3. The highest BCUT2D eigenvalue weighted by atomic mass is 79.9. The summed E-state index contributed by atoms with van der Waals surface area (Å²) in [6.07, 6.45) is 0.